The Labute approximate surface area is 194 Å². The van der Waals surface area contributed by atoms with Gasteiger partial charge in [-0.1, -0.05) is 6.07 Å². The largest absolute Gasteiger partial charge is 0.326 e. The highest BCUT2D eigenvalue weighted by Crippen LogP contribution is 2.25. The van der Waals surface area contributed by atoms with E-state index in [-0.39, 0.29) is 23.0 Å². The molecule has 2 aromatic heterocycles. The van der Waals surface area contributed by atoms with Crippen LogP contribution in [-0.4, -0.2) is 41.1 Å². The molecule has 0 spiro atoms. The number of rotatable bonds is 6. The Bertz CT molecular complexity index is 1420. The van der Waals surface area contributed by atoms with Gasteiger partial charge in [-0.15, -0.1) is 11.3 Å². The summed E-state index contributed by atoms with van der Waals surface area (Å²) in [5, 5.41) is 4.67. The summed E-state index contributed by atoms with van der Waals surface area (Å²) in [6.45, 7) is 1.05. The van der Waals surface area contributed by atoms with Crippen molar-refractivity contribution in [2.24, 2.45) is 0 Å². The minimum Gasteiger partial charge on any atom is -0.326 e. The van der Waals surface area contributed by atoms with E-state index in [0.29, 0.717) is 24.5 Å². The summed E-state index contributed by atoms with van der Waals surface area (Å²) in [5.41, 5.74) is 2.68. The molecule has 0 bridgehead atoms. The van der Waals surface area contributed by atoms with Gasteiger partial charge in [0.25, 0.3) is 0 Å². The first kappa shape index (κ1) is 21.7. The second kappa shape index (κ2) is 8.69. The average Bonchev–Trinajstić information content (AvgIpc) is 3.54. The van der Waals surface area contributed by atoms with Crippen molar-refractivity contribution >= 4 is 37.9 Å². The van der Waals surface area contributed by atoms with Crippen LogP contribution in [0.15, 0.2) is 65.0 Å². The lowest BCUT2D eigenvalue weighted by Gasteiger charge is -2.16. The highest BCUT2D eigenvalue weighted by molar-refractivity contribution is 7.89. The second-order valence-electron chi connectivity index (χ2n) is 7.88. The number of hydrogen-bond acceptors (Lipinski definition) is 5. The molecule has 1 aliphatic rings. The van der Waals surface area contributed by atoms with Gasteiger partial charge in [-0.05, 0) is 55.3 Å². The van der Waals surface area contributed by atoms with Crippen molar-refractivity contribution < 1.29 is 17.6 Å². The zero-order chi connectivity index (χ0) is 23.0. The van der Waals surface area contributed by atoms with Crippen molar-refractivity contribution in [2.75, 3.05) is 18.4 Å². The highest BCUT2D eigenvalue weighted by atomic mass is 32.2. The van der Waals surface area contributed by atoms with Crippen LogP contribution in [0.5, 0.6) is 0 Å². The second-order valence-corrected chi connectivity index (χ2v) is 10.7. The fourth-order valence-corrected chi connectivity index (χ4v) is 6.33. The number of fused-ring (bicyclic) bond motifs is 1. The molecule has 5 rings (SSSR count). The topological polar surface area (TPSA) is 83.8 Å². The summed E-state index contributed by atoms with van der Waals surface area (Å²) < 4.78 is 42.1. The molecule has 0 aliphatic carbocycles. The summed E-state index contributed by atoms with van der Waals surface area (Å²) in [6, 6.07) is 12.5. The van der Waals surface area contributed by atoms with E-state index >= 15 is 0 Å². The third-order valence-corrected chi connectivity index (χ3v) is 8.37. The van der Waals surface area contributed by atoms with E-state index in [1.807, 2.05) is 16.0 Å². The van der Waals surface area contributed by atoms with Gasteiger partial charge in [0.1, 0.15) is 5.82 Å². The number of hydrogen-bond donors (Lipinski definition) is 1. The van der Waals surface area contributed by atoms with Crippen LogP contribution in [0.25, 0.3) is 16.2 Å². The molecule has 0 radical (unpaired) electrons. The van der Waals surface area contributed by atoms with Gasteiger partial charge in [0.05, 0.1) is 17.0 Å². The number of amides is 1. The lowest BCUT2D eigenvalue weighted by Crippen LogP contribution is -2.28. The number of imidazole rings is 1. The van der Waals surface area contributed by atoms with E-state index in [0.717, 1.165) is 29.1 Å². The van der Waals surface area contributed by atoms with E-state index < -0.39 is 10.0 Å². The van der Waals surface area contributed by atoms with Gasteiger partial charge in [-0.25, -0.2) is 17.8 Å². The number of sulfonamides is 1. The van der Waals surface area contributed by atoms with Crippen LogP contribution in [0, 0.1) is 5.82 Å². The minimum absolute atomic E-state index is 0.0995. The average molecular weight is 485 g/mol. The fraction of sp³-hybridized carbons (Fsp3) is 0.217. The van der Waals surface area contributed by atoms with Crippen molar-refractivity contribution in [1.82, 2.24) is 13.7 Å². The molecule has 3 heterocycles. The third kappa shape index (κ3) is 4.41. The Morgan fingerprint density at radius 3 is 2.64 bits per heavy atom. The van der Waals surface area contributed by atoms with Crippen molar-refractivity contribution in [3.05, 3.63) is 71.6 Å². The van der Waals surface area contributed by atoms with E-state index in [4.69, 9.17) is 0 Å². The summed E-state index contributed by atoms with van der Waals surface area (Å²) >= 11 is 1.41. The van der Waals surface area contributed by atoms with Crippen LogP contribution in [0.2, 0.25) is 0 Å². The van der Waals surface area contributed by atoms with Gasteiger partial charge in [0.2, 0.25) is 15.9 Å². The van der Waals surface area contributed by atoms with Crippen molar-refractivity contribution in [2.45, 2.75) is 24.2 Å². The molecule has 10 heteroatoms. The number of thiazole rings is 1. The Kier molecular flexibility index (Phi) is 5.73. The molecular formula is C23H21FN4O3S2. The van der Waals surface area contributed by atoms with E-state index in [1.165, 1.54) is 33.8 Å². The molecule has 33 heavy (non-hydrogen) atoms. The number of benzene rings is 2. The monoisotopic (exact) mass is 484 g/mol. The summed E-state index contributed by atoms with van der Waals surface area (Å²) in [4.78, 5) is 18.2. The van der Waals surface area contributed by atoms with Crippen molar-refractivity contribution in [3.8, 4) is 11.3 Å². The number of carbonyl (C=O) groups excluding carboxylic acids is 1. The number of nitrogens with zero attached hydrogens (tertiary/aromatic N) is 3. The van der Waals surface area contributed by atoms with Crippen LogP contribution in [0.4, 0.5) is 10.1 Å². The molecule has 7 nitrogen and oxygen atoms in total. The zero-order valence-corrected chi connectivity index (χ0v) is 19.2. The first-order chi connectivity index (χ1) is 15.9. The predicted molar refractivity (Wildman–Crippen MR) is 125 cm³/mol. The van der Waals surface area contributed by atoms with Gasteiger partial charge in [-0.2, -0.15) is 4.31 Å². The number of aromatic nitrogens is 2. The minimum atomic E-state index is -3.55. The molecule has 1 amide bonds. The molecule has 2 aromatic carbocycles. The first-order valence-electron chi connectivity index (χ1n) is 10.5. The van der Waals surface area contributed by atoms with Crippen molar-refractivity contribution in [1.29, 1.82) is 0 Å². The number of nitrogens with one attached hydrogen (secondary N) is 1. The summed E-state index contributed by atoms with van der Waals surface area (Å²) in [6.07, 6.45) is 3.65. The number of anilines is 1. The molecule has 4 aromatic rings. The first-order valence-corrected chi connectivity index (χ1v) is 12.8. The Hall–Kier alpha value is -3.08. The van der Waals surface area contributed by atoms with E-state index in [2.05, 4.69) is 10.3 Å². The molecule has 0 saturated carbocycles. The van der Waals surface area contributed by atoms with Gasteiger partial charge >= 0.3 is 0 Å². The van der Waals surface area contributed by atoms with Gasteiger partial charge in [-0.3, -0.25) is 9.20 Å². The molecular weight excluding hydrogens is 463 g/mol. The maximum atomic E-state index is 13.2. The predicted octanol–water partition coefficient (Wildman–Crippen LogP) is 4.17. The molecule has 1 saturated heterocycles. The highest BCUT2D eigenvalue weighted by Gasteiger charge is 2.27. The zero-order valence-electron chi connectivity index (χ0n) is 17.6. The number of carbonyl (C=O) groups is 1. The van der Waals surface area contributed by atoms with Gasteiger partial charge in [0.15, 0.2) is 4.96 Å². The van der Waals surface area contributed by atoms with E-state index in [1.54, 1.807) is 30.3 Å². The maximum absolute atomic E-state index is 13.2. The Morgan fingerprint density at radius 1 is 1.12 bits per heavy atom. The molecule has 1 aliphatic heterocycles. The van der Waals surface area contributed by atoms with Crippen LogP contribution in [-0.2, 0) is 21.2 Å². The molecule has 1 fully saturated rings. The number of halogens is 1. The van der Waals surface area contributed by atoms with Crippen LogP contribution in [0.3, 0.4) is 0 Å². The quantitative estimate of drug-likeness (QED) is 0.445. The Balaban J connectivity index is 1.32. The SMILES string of the molecule is O=C(Cc1csc2nc(-c3ccc(F)cc3)cn12)Nc1cccc(S(=O)(=O)N2CCCC2)c1. The lowest BCUT2D eigenvalue weighted by atomic mass is 10.2. The van der Waals surface area contributed by atoms with Crippen LogP contribution < -0.4 is 5.32 Å². The standard InChI is InChI=1S/C23H21FN4O3S2/c24-17-8-6-16(7-9-17)21-14-28-19(15-32-23(28)26-21)13-22(29)25-18-4-3-5-20(12-18)33(30,31)27-10-1-2-11-27/h3-9,12,14-15H,1-2,10-11,13H2,(H,25,29). The Morgan fingerprint density at radius 2 is 1.88 bits per heavy atom. The summed E-state index contributed by atoms with van der Waals surface area (Å²) in [5.74, 6) is -0.572. The third-order valence-electron chi connectivity index (χ3n) is 5.59. The van der Waals surface area contributed by atoms with Gasteiger partial charge < -0.3 is 5.32 Å². The molecule has 1 N–H and O–H groups in total. The normalized spacial score (nSPS) is 14.7. The maximum Gasteiger partial charge on any atom is 0.243 e. The van der Waals surface area contributed by atoms with Crippen molar-refractivity contribution in [3.63, 3.8) is 0 Å². The van der Waals surface area contributed by atoms with Crippen LogP contribution >= 0.6 is 11.3 Å². The molecule has 170 valence electrons. The lowest BCUT2D eigenvalue weighted by molar-refractivity contribution is -0.115. The van der Waals surface area contributed by atoms with Gasteiger partial charge in [0, 0.05) is 41.6 Å². The summed E-state index contributed by atoms with van der Waals surface area (Å²) in [7, 11) is -3.55. The molecule has 0 atom stereocenters. The van der Waals surface area contributed by atoms with E-state index in [9.17, 15) is 17.6 Å². The molecule has 0 unspecified atom stereocenters. The smallest absolute Gasteiger partial charge is 0.243 e. The van der Waals surface area contributed by atoms with Crippen LogP contribution in [0.1, 0.15) is 18.5 Å². The fourth-order valence-electron chi connectivity index (χ4n) is 3.90.